The van der Waals surface area contributed by atoms with E-state index in [1.165, 1.54) is 68.1 Å². The Morgan fingerprint density at radius 2 is 1.25 bits per heavy atom. The molecule has 0 rings (SSSR count). The minimum atomic E-state index is -0.0800. The quantitative estimate of drug-likeness (QED) is 0.0756. The predicted octanol–water partition coefficient (Wildman–Crippen LogP) is 13.3. The van der Waals surface area contributed by atoms with E-state index in [0.29, 0.717) is 5.92 Å². The van der Waals surface area contributed by atoms with Crippen LogP contribution in [0.2, 0.25) is 0 Å². The lowest BCUT2D eigenvalue weighted by Gasteiger charge is -2.23. The summed E-state index contributed by atoms with van der Waals surface area (Å²) in [6, 6.07) is 0. The second-order valence-electron chi connectivity index (χ2n) is 14.9. The van der Waals surface area contributed by atoms with E-state index < -0.39 is 0 Å². The normalized spacial score (nSPS) is 16.5. The van der Waals surface area contributed by atoms with Gasteiger partial charge in [-0.2, -0.15) is 0 Å². The molecule has 0 aromatic rings. The van der Waals surface area contributed by atoms with Gasteiger partial charge in [0.05, 0.1) is 11.2 Å². The van der Waals surface area contributed by atoms with Gasteiger partial charge in [-0.25, -0.2) is 0 Å². The van der Waals surface area contributed by atoms with Crippen molar-refractivity contribution in [2.24, 2.45) is 17.8 Å². The van der Waals surface area contributed by atoms with Crippen LogP contribution in [0.5, 0.6) is 0 Å². The van der Waals surface area contributed by atoms with Crippen LogP contribution in [-0.2, 0) is 9.47 Å². The van der Waals surface area contributed by atoms with Crippen molar-refractivity contribution in [3.05, 3.63) is 71.4 Å². The van der Waals surface area contributed by atoms with Crippen LogP contribution in [0.25, 0.3) is 0 Å². The molecule has 3 atom stereocenters. The number of rotatable bonds is 25. The van der Waals surface area contributed by atoms with Gasteiger partial charge < -0.3 is 9.47 Å². The average Bonchev–Trinajstić information content (AvgIpc) is 2.95. The van der Waals surface area contributed by atoms with Crippen molar-refractivity contribution in [3.8, 4) is 0 Å². The first-order valence-corrected chi connectivity index (χ1v) is 17.8. The van der Waals surface area contributed by atoms with Gasteiger partial charge in [0, 0.05) is 14.2 Å². The Morgan fingerprint density at radius 1 is 0.659 bits per heavy atom. The Balaban J connectivity index is 4.13. The molecule has 0 fully saturated rings. The molecule has 44 heavy (non-hydrogen) atoms. The minimum Gasteiger partial charge on any atom is -0.379 e. The molecule has 3 unspecified atom stereocenters. The van der Waals surface area contributed by atoms with Crippen LogP contribution in [-0.4, -0.2) is 25.4 Å². The van der Waals surface area contributed by atoms with Gasteiger partial charge in [0.15, 0.2) is 0 Å². The van der Waals surface area contributed by atoms with Crippen LogP contribution in [0.15, 0.2) is 71.4 Å². The lowest BCUT2D eigenvalue weighted by atomic mass is 9.95. The monoisotopic (exact) mass is 611 g/mol. The van der Waals surface area contributed by atoms with Crippen LogP contribution in [0, 0.1) is 17.8 Å². The van der Waals surface area contributed by atoms with Gasteiger partial charge in [0.25, 0.3) is 0 Å². The highest BCUT2D eigenvalue weighted by molar-refractivity contribution is 5.17. The SMILES string of the molecule is COC(C)(C)C/C=C/C(C)=C/CCC(C)CCC/C(C)=C/C/C=C/C(C)CC/C=C(C)/C=C/CC(C)CCCC(C)(C)OC. The number of methoxy groups -OCH3 is 2. The molecular weight excluding hydrogens is 536 g/mol. The van der Waals surface area contributed by atoms with Gasteiger partial charge in [0.2, 0.25) is 0 Å². The molecule has 0 aliphatic heterocycles. The molecule has 0 aliphatic carbocycles. The minimum absolute atomic E-state index is 0.00862. The molecule has 2 heteroatoms. The summed E-state index contributed by atoms with van der Waals surface area (Å²) in [5.41, 5.74) is 4.22. The highest BCUT2D eigenvalue weighted by Crippen LogP contribution is 2.21. The Morgan fingerprint density at radius 3 is 1.89 bits per heavy atom. The van der Waals surface area contributed by atoms with E-state index in [4.69, 9.17) is 9.47 Å². The third kappa shape index (κ3) is 25.7. The maximum atomic E-state index is 5.54. The summed E-state index contributed by atoms with van der Waals surface area (Å²) < 4.78 is 11.0. The zero-order chi connectivity index (χ0) is 33.4. The standard InChI is InChI=1S/C42H74O2/c1-35(23-15-25-37(3)27-17-29-39(5)31-19-33-41(7,8)43-11)21-13-14-22-36(2)24-16-26-38(4)28-18-30-40(6)32-20-34-42(9,10)44-12/h13,17,20-22,25,27,30,32,35,38-39H,14-16,18-19,23-24,26,28-29,31,33-34H2,1-12H3/b21-13+,27-17+,32-20+,36-22+,37-25+,40-30+. The maximum absolute atomic E-state index is 5.54. The van der Waals surface area contributed by atoms with E-state index >= 15 is 0 Å². The van der Waals surface area contributed by atoms with E-state index in [2.05, 4.69) is 124 Å². The Hall–Kier alpha value is -1.64. The Kier molecular flexibility index (Phi) is 23.7. The topological polar surface area (TPSA) is 18.5 Å². The number of hydrogen-bond donors (Lipinski definition) is 0. The fourth-order valence-electron chi connectivity index (χ4n) is 5.15. The van der Waals surface area contributed by atoms with Crippen molar-refractivity contribution in [2.45, 2.75) is 164 Å². The molecule has 254 valence electrons. The molecule has 2 nitrogen and oxygen atoms in total. The summed E-state index contributed by atoms with van der Waals surface area (Å²) in [5, 5.41) is 0. The molecule has 0 radical (unpaired) electrons. The lowest BCUT2D eigenvalue weighted by Crippen LogP contribution is -2.22. The summed E-state index contributed by atoms with van der Waals surface area (Å²) in [5.74, 6) is 2.14. The zero-order valence-electron chi connectivity index (χ0n) is 31.4. The summed E-state index contributed by atoms with van der Waals surface area (Å²) in [7, 11) is 3.60. The van der Waals surface area contributed by atoms with Crippen molar-refractivity contribution < 1.29 is 9.47 Å². The second-order valence-corrected chi connectivity index (χ2v) is 14.9. The molecule has 0 aromatic carbocycles. The van der Waals surface area contributed by atoms with Crippen molar-refractivity contribution >= 4 is 0 Å². The highest BCUT2D eigenvalue weighted by atomic mass is 16.5. The molecule has 0 saturated carbocycles. The largest absolute Gasteiger partial charge is 0.379 e. The maximum Gasteiger partial charge on any atom is 0.0657 e. The molecule has 0 N–H and O–H groups in total. The third-order valence-corrected chi connectivity index (χ3v) is 9.04. The van der Waals surface area contributed by atoms with E-state index in [9.17, 15) is 0 Å². The molecule has 0 aromatic heterocycles. The molecule has 0 bridgehead atoms. The number of ether oxygens (including phenoxy) is 2. The Bertz CT molecular complexity index is 908. The van der Waals surface area contributed by atoms with Crippen molar-refractivity contribution in [1.82, 2.24) is 0 Å². The van der Waals surface area contributed by atoms with Crippen molar-refractivity contribution in [3.63, 3.8) is 0 Å². The van der Waals surface area contributed by atoms with Crippen LogP contribution in [0.3, 0.4) is 0 Å². The molecule has 0 spiro atoms. The van der Waals surface area contributed by atoms with E-state index in [0.717, 1.165) is 43.9 Å². The summed E-state index contributed by atoms with van der Waals surface area (Å²) in [6.07, 6.45) is 36.6. The van der Waals surface area contributed by atoms with E-state index in [1.54, 1.807) is 7.11 Å². The smallest absolute Gasteiger partial charge is 0.0657 e. The first-order chi connectivity index (χ1) is 20.7. The first-order valence-electron chi connectivity index (χ1n) is 17.8. The second kappa shape index (κ2) is 24.6. The van der Waals surface area contributed by atoms with Crippen molar-refractivity contribution in [1.29, 1.82) is 0 Å². The first kappa shape index (κ1) is 42.4. The molecule has 0 saturated heterocycles. The summed E-state index contributed by atoms with van der Waals surface area (Å²) >= 11 is 0. The molecule has 0 aliphatic rings. The van der Waals surface area contributed by atoms with Gasteiger partial charge in [-0.05, 0) is 130 Å². The highest BCUT2D eigenvalue weighted by Gasteiger charge is 2.16. The number of allylic oxidation sites excluding steroid dienone is 11. The van der Waals surface area contributed by atoms with Crippen molar-refractivity contribution in [2.75, 3.05) is 14.2 Å². The van der Waals surface area contributed by atoms with Crippen LogP contribution < -0.4 is 0 Å². The third-order valence-electron chi connectivity index (χ3n) is 9.04. The molecule has 0 amide bonds. The molecular formula is C42H74O2. The predicted molar refractivity (Wildman–Crippen MR) is 198 cm³/mol. The zero-order valence-corrected chi connectivity index (χ0v) is 31.4. The van der Waals surface area contributed by atoms with Gasteiger partial charge in [-0.15, -0.1) is 0 Å². The van der Waals surface area contributed by atoms with Gasteiger partial charge in [-0.1, -0.05) is 111 Å². The van der Waals surface area contributed by atoms with Gasteiger partial charge in [0.1, 0.15) is 0 Å². The summed E-state index contributed by atoms with van der Waals surface area (Å²) in [6.45, 7) is 22.5. The Labute approximate surface area is 276 Å². The van der Waals surface area contributed by atoms with Gasteiger partial charge >= 0.3 is 0 Å². The average molecular weight is 611 g/mol. The number of hydrogen-bond acceptors (Lipinski definition) is 2. The summed E-state index contributed by atoms with van der Waals surface area (Å²) in [4.78, 5) is 0. The van der Waals surface area contributed by atoms with Crippen LogP contribution in [0.4, 0.5) is 0 Å². The van der Waals surface area contributed by atoms with Crippen LogP contribution >= 0.6 is 0 Å². The fraction of sp³-hybridized carbons (Fsp3) is 0.714. The fourth-order valence-corrected chi connectivity index (χ4v) is 5.15. The van der Waals surface area contributed by atoms with Gasteiger partial charge in [-0.3, -0.25) is 0 Å². The molecule has 0 heterocycles. The van der Waals surface area contributed by atoms with E-state index in [1.807, 2.05) is 7.11 Å². The van der Waals surface area contributed by atoms with E-state index in [-0.39, 0.29) is 11.2 Å². The lowest BCUT2D eigenvalue weighted by molar-refractivity contribution is 0.0128. The van der Waals surface area contributed by atoms with Crippen LogP contribution in [0.1, 0.15) is 153 Å².